The highest BCUT2D eigenvalue weighted by atomic mass is 79.9. The molecule has 0 aromatic heterocycles. The molecule has 1 heterocycles. The van der Waals surface area contributed by atoms with Gasteiger partial charge in [0.05, 0.1) is 6.54 Å². The molecule has 0 aliphatic carbocycles. The molecule has 7 heteroatoms. The summed E-state index contributed by atoms with van der Waals surface area (Å²) >= 11 is 3.36. The van der Waals surface area contributed by atoms with E-state index in [9.17, 15) is 9.59 Å². The second-order valence-corrected chi connectivity index (χ2v) is 6.16. The van der Waals surface area contributed by atoms with Gasteiger partial charge < -0.3 is 19.5 Å². The standard InChI is InChI=1S/C16H20BrNO5/c1-2-18(9-10-22-12-5-3-11(17)4-6-12)15(19)13-7-8-14(23-13)16(20)21/h3-6,13-14H,2,7-10H2,1H3,(H,20,21)/t13-,14+/m0/s1. The quantitative estimate of drug-likeness (QED) is 0.779. The fraction of sp³-hybridized carbons (Fsp3) is 0.500. The predicted molar refractivity (Wildman–Crippen MR) is 87.4 cm³/mol. The van der Waals surface area contributed by atoms with E-state index in [-0.39, 0.29) is 5.91 Å². The Labute approximate surface area is 143 Å². The van der Waals surface area contributed by atoms with Crippen molar-refractivity contribution >= 4 is 27.8 Å². The van der Waals surface area contributed by atoms with Crippen LogP contribution in [0.3, 0.4) is 0 Å². The van der Waals surface area contributed by atoms with Crippen molar-refractivity contribution in [2.75, 3.05) is 19.7 Å². The molecular formula is C16H20BrNO5. The van der Waals surface area contributed by atoms with Gasteiger partial charge in [0.25, 0.3) is 5.91 Å². The number of ether oxygens (including phenoxy) is 2. The number of carboxylic acid groups (broad SMARTS) is 1. The fourth-order valence-electron chi connectivity index (χ4n) is 2.43. The second-order valence-electron chi connectivity index (χ2n) is 5.25. The lowest BCUT2D eigenvalue weighted by Crippen LogP contribution is -2.41. The van der Waals surface area contributed by atoms with Gasteiger partial charge in [-0.25, -0.2) is 4.79 Å². The largest absolute Gasteiger partial charge is 0.492 e. The smallest absolute Gasteiger partial charge is 0.332 e. The monoisotopic (exact) mass is 385 g/mol. The zero-order valence-corrected chi connectivity index (χ0v) is 14.5. The molecule has 1 aliphatic rings. The van der Waals surface area contributed by atoms with Crippen molar-refractivity contribution < 1.29 is 24.2 Å². The van der Waals surface area contributed by atoms with Gasteiger partial charge in [-0.2, -0.15) is 0 Å². The maximum atomic E-state index is 12.4. The van der Waals surface area contributed by atoms with Gasteiger partial charge in [-0.1, -0.05) is 15.9 Å². The van der Waals surface area contributed by atoms with Crippen LogP contribution in [0.15, 0.2) is 28.7 Å². The van der Waals surface area contributed by atoms with Crippen LogP contribution in [0.5, 0.6) is 5.75 Å². The van der Waals surface area contributed by atoms with Gasteiger partial charge in [-0.05, 0) is 44.0 Å². The van der Waals surface area contributed by atoms with Crippen LogP contribution in [0.2, 0.25) is 0 Å². The lowest BCUT2D eigenvalue weighted by molar-refractivity contribution is -0.154. The van der Waals surface area contributed by atoms with E-state index in [0.717, 1.165) is 10.2 Å². The summed E-state index contributed by atoms with van der Waals surface area (Å²) in [6.45, 7) is 3.21. The van der Waals surface area contributed by atoms with Gasteiger partial charge in [0.1, 0.15) is 18.5 Å². The van der Waals surface area contributed by atoms with Gasteiger partial charge in [-0.15, -0.1) is 0 Å². The Kier molecular flexibility index (Phi) is 6.41. The Hall–Kier alpha value is -1.60. The molecule has 6 nitrogen and oxygen atoms in total. The minimum Gasteiger partial charge on any atom is -0.492 e. The van der Waals surface area contributed by atoms with E-state index < -0.39 is 18.2 Å². The van der Waals surface area contributed by atoms with Gasteiger partial charge in [0.2, 0.25) is 0 Å². The summed E-state index contributed by atoms with van der Waals surface area (Å²) in [5.74, 6) is -0.447. The zero-order chi connectivity index (χ0) is 16.8. The molecule has 1 amide bonds. The Bertz CT molecular complexity index is 548. The van der Waals surface area contributed by atoms with E-state index in [0.29, 0.717) is 32.5 Å². The van der Waals surface area contributed by atoms with E-state index in [4.69, 9.17) is 14.6 Å². The van der Waals surface area contributed by atoms with Crippen LogP contribution >= 0.6 is 15.9 Å². The third kappa shape index (κ3) is 4.94. The molecule has 1 fully saturated rings. The number of likely N-dealkylation sites (N-methyl/N-ethyl adjacent to an activating group) is 1. The third-order valence-electron chi connectivity index (χ3n) is 3.71. The highest BCUT2D eigenvalue weighted by Gasteiger charge is 2.36. The van der Waals surface area contributed by atoms with Crippen molar-refractivity contribution in [2.24, 2.45) is 0 Å². The molecule has 1 aromatic carbocycles. The molecule has 0 bridgehead atoms. The molecule has 1 aromatic rings. The molecule has 1 N–H and O–H groups in total. The Morgan fingerprint density at radius 2 is 1.96 bits per heavy atom. The number of amides is 1. The van der Waals surface area contributed by atoms with Crippen molar-refractivity contribution in [2.45, 2.75) is 32.0 Å². The van der Waals surface area contributed by atoms with Gasteiger partial charge in [-0.3, -0.25) is 4.79 Å². The highest BCUT2D eigenvalue weighted by molar-refractivity contribution is 9.10. The van der Waals surface area contributed by atoms with Crippen molar-refractivity contribution in [3.8, 4) is 5.75 Å². The van der Waals surface area contributed by atoms with E-state index in [1.54, 1.807) is 4.90 Å². The average Bonchev–Trinajstić information content (AvgIpc) is 3.03. The van der Waals surface area contributed by atoms with Crippen molar-refractivity contribution in [3.63, 3.8) is 0 Å². The van der Waals surface area contributed by atoms with Gasteiger partial charge in [0, 0.05) is 11.0 Å². The lowest BCUT2D eigenvalue weighted by Gasteiger charge is -2.24. The van der Waals surface area contributed by atoms with Gasteiger partial charge in [0.15, 0.2) is 6.10 Å². The summed E-state index contributed by atoms with van der Waals surface area (Å²) in [7, 11) is 0. The first-order valence-electron chi connectivity index (χ1n) is 7.56. The zero-order valence-electron chi connectivity index (χ0n) is 12.9. The first-order valence-corrected chi connectivity index (χ1v) is 8.36. The molecule has 23 heavy (non-hydrogen) atoms. The number of benzene rings is 1. The summed E-state index contributed by atoms with van der Waals surface area (Å²) in [6.07, 6.45) is -0.719. The van der Waals surface area contributed by atoms with E-state index in [2.05, 4.69) is 15.9 Å². The van der Waals surface area contributed by atoms with E-state index in [1.807, 2.05) is 31.2 Å². The van der Waals surface area contributed by atoms with E-state index in [1.165, 1.54) is 0 Å². The van der Waals surface area contributed by atoms with Crippen molar-refractivity contribution in [3.05, 3.63) is 28.7 Å². The molecule has 2 rings (SSSR count). The number of carbonyl (C=O) groups is 2. The molecule has 0 unspecified atom stereocenters. The summed E-state index contributed by atoms with van der Waals surface area (Å²) in [5.41, 5.74) is 0. The van der Waals surface area contributed by atoms with Crippen LogP contribution < -0.4 is 4.74 Å². The Morgan fingerprint density at radius 3 is 2.52 bits per heavy atom. The SMILES string of the molecule is CCN(CCOc1ccc(Br)cc1)C(=O)[C@@H]1CC[C@H](C(=O)O)O1. The van der Waals surface area contributed by atoms with Crippen LogP contribution in [0.25, 0.3) is 0 Å². The Morgan fingerprint density at radius 1 is 1.30 bits per heavy atom. The molecule has 126 valence electrons. The predicted octanol–water partition coefficient (Wildman–Crippen LogP) is 2.31. The minimum atomic E-state index is -1.01. The number of rotatable bonds is 7. The normalized spacial score (nSPS) is 20.3. The molecule has 0 radical (unpaired) electrons. The fourth-order valence-corrected chi connectivity index (χ4v) is 2.70. The first-order chi connectivity index (χ1) is 11.0. The maximum absolute atomic E-state index is 12.4. The summed E-state index contributed by atoms with van der Waals surface area (Å²) < 4.78 is 11.9. The first kappa shape index (κ1) is 17.7. The van der Waals surface area contributed by atoms with Crippen LogP contribution in [0, 0.1) is 0 Å². The summed E-state index contributed by atoms with van der Waals surface area (Å²) in [6, 6.07) is 7.46. The van der Waals surface area contributed by atoms with Crippen molar-refractivity contribution in [1.29, 1.82) is 0 Å². The summed E-state index contributed by atoms with van der Waals surface area (Å²) in [4.78, 5) is 24.9. The minimum absolute atomic E-state index is 0.171. The van der Waals surface area contributed by atoms with Crippen LogP contribution in [-0.2, 0) is 14.3 Å². The number of hydrogen-bond donors (Lipinski definition) is 1. The lowest BCUT2D eigenvalue weighted by atomic mass is 10.2. The van der Waals surface area contributed by atoms with Crippen LogP contribution in [-0.4, -0.2) is 53.8 Å². The molecule has 0 saturated carbocycles. The molecular weight excluding hydrogens is 366 g/mol. The maximum Gasteiger partial charge on any atom is 0.332 e. The summed E-state index contributed by atoms with van der Waals surface area (Å²) in [5, 5.41) is 8.92. The topological polar surface area (TPSA) is 76.1 Å². The van der Waals surface area contributed by atoms with Crippen LogP contribution in [0.1, 0.15) is 19.8 Å². The number of aliphatic carboxylic acids is 1. The van der Waals surface area contributed by atoms with Gasteiger partial charge >= 0.3 is 5.97 Å². The van der Waals surface area contributed by atoms with E-state index >= 15 is 0 Å². The number of hydrogen-bond acceptors (Lipinski definition) is 4. The number of halogens is 1. The molecule has 0 spiro atoms. The molecule has 1 aliphatic heterocycles. The van der Waals surface area contributed by atoms with Crippen LogP contribution in [0.4, 0.5) is 0 Å². The average molecular weight is 386 g/mol. The number of carboxylic acids is 1. The molecule has 1 saturated heterocycles. The molecule has 2 atom stereocenters. The third-order valence-corrected chi connectivity index (χ3v) is 4.24. The number of carbonyl (C=O) groups excluding carboxylic acids is 1. The second kappa shape index (κ2) is 8.31. The van der Waals surface area contributed by atoms with Crippen molar-refractivity contribution in [1.82, 2.24) is 4.90 Å². The highest BCUT2D eigenvalue weighted by Crippen LogP contribution is 2.22. The number of nitrogens with zero attached hydrogens (tertiary/aromatic N) is 1. The Balaban J connectivity index is 1.81.